The van der Waals surface area contributed by atoms with Crippen molar-refractivity contribution in [1.82, 2.24) is 4.90 Å². The molecule has 3 unspecified atom stereocenters. The number of carbonyl (C=O) groups is 1. The lowest BCUT2D eigenvalue weighted by Crippen LogP contribution is -2.43. The second-order valence-corrected chi connectivity index (χ2v) is 7.54. The fourth-order valence-corrected chi connectivity index (χ4v) is 5.28. The number of hydrogen-bond donors (Lipinski definition) is 0. The zero-order valence-corrected chi connectivity index (χ0v) is 14.4. The zero-order chi connectivity index (χ0) is 14.4. The summed E-state index contributed by atoms with van der Waals surface area (Å²) in [6, 6.07) is 9.45. The Balaban J connectivity index is 0.00000144. The number of piperidine rings is 1. The van der Waals surface area contributed by atoms with Crippen molar-refractivity contribution < 1.29 is 9.53 Å². The van der Waals surface area contributed by atoms with Gasteiger partial charge in [-0.05, 0) is 44.4 Å². The molecule has 120 valence electrons. The average Bonchev–Trinajstić information content (AvgIpc) is 2.98. The Kier molecular flexibility index (Phi) is 4.72. The molecule has 3 nitrogen and oxygen atoms in total. The molecule has 3 aliphatic rings. The van der Waals surface area contributed by atoms with Gasteiger partial charge in [0.1, 0.15) is 6.10 Å². The van der Waals surface area contributed by atoms with Crippen molar-refractivity contribution in [2.24, 2.45) is 0 Å². The Morgan fingerprint density at radius 2 is 1.91 bits per heavy atom. The lowest BCUT2D eigenvalue weighted by molar-refractivity contribution is -0.153. The Labute approximate surface area is 142 Å². The van der Waals surface area contributed by atoms with Gasteiger partial charge in [-0.3, -0.25) is 4.79 Å². The van der Waals surface area contributed by atoms with Crippen LogP contribution in [0.15, 0.2) is 29.2 Å². The quantitative estimate of drug-likeness (QED) is 0.772. The monoisotopic (exact) mass is 339 g/mol. The lowest BCUT2D eigenvalue weighted by atomic mass is 9.99. The number of esters is 1. The van der Waals surface area contributed by atoms with Crippen molar-refractivity contribution in [1.29, 1.82) is 0 Å². The molecule has 4 rings (SSSR count). The van der Waals surface area contributed by atoms with Crippen molar-refractivity contribution in [2.45, 2.75) is 54.7 Å². The third kappa shape index (κ3) is 2.77. The van der Waals surface area contributed by atoms with E-state index in [0.29, 0.717) is 12.1 Å². The van der Waals surface area contributed by atoms with Gasteiger partial charge in [0.15, 0.2) is 0 Å². The fourth-order valence-electron chi connectivity index (χ4n) is 4.06. The summed E-state index contributed by atoms with van der Waals surface area (Å²) in [5.41, 5.74) is 1.16. The summed E-state index contributed by atoms with van der Waals surface area (Å²) in [6.07, 6.45) is 4.68. The SMILES string of the molecule is CN1C2CCC1CC(OC(=O)C1CSc3ccccc31)C2.Cl. The molecular formula is C17H22ClNO2S. The summed E-state index contributed by atoms with van der Waals surface area (Å²) in [7, 11) is 2.21. The molecule has 5 heteroatoms. The molecule has 0 aliphatic carbocycles. The largest absolute Gasteiger partial charge is 0.462 e. The molecule has 0 N–H and O–H groups in total. The Bertz CT molecular complexity index is 553. The number of hydrogen-bond acceptors (Lipinski definition) is 4. The summed E-state index contributed by atoms with van der Waals surface area (Å²) in [5, 5.41) is 0. The van der Waals surface area contributed by atoms with Crippen LogP contribution in [0.1, 0.15) is 37.2 Å². The number of nitrogens with zero attached hydrogens (tertiary/aromatic N) is 1. The topological polar surface area (TPSA) is 29.5 Å². The minimum Gasteiger partial charge on any atom is -0.462 e. The van der Waals surface area contributed by atoms with Gasteiger partial charge in [0.2, 0.25) is 0 Å². The van der Waals surface area contributed by atoms with Crippen LogP contribution in [-0.4, -0.2) is 41.9 Å². The summed E-state index contributed by atoms with van der Waals surface area (Å²) < 4.78 is 5.88. The lowest BCUT2D eigenvalue weighted by Gasteiger charge is -2.36. The maximum Gasteiger partial charge on any atom is 0.314 e. The van der Waals surface area contributed by atoms with Crippen LogP contribution < -0.4 is 0 Å². The van der Waals surface area contributed by atoms with Crippen molar-refractivity contribution in [2.75, 3.05) is 12.8 Å². The first-order chi connectivity index (χ1) is 10.2. The number of thioether (sulfide) groups is 1. The van der Waals surface area contributed by atoms with Gasteiger partial charge in [0.05, 0.1) is 5.92 Å². The van der Waals surface area contributed by atoms with Crippen LogP contribution in [0.5, 0.6) is 0 Å². The van der Waals surface area contributed by atoms with Crippen LogP contribution in [0.25, 0.3) is 0 Å². The number of rotatable bonds is 2. The van der Waals surface area contributed by atoms with Crippen LogP contribution in [0, 0.1) is 0 Å². The van der Waals surface area contributed by atoms with E-state index in [9.17, 15) is 4.79 Å². The first-order valence-electron chi connectivity index (χ1n) is 7.86. The predicted octanol–water partition coefficient (Wildman–Crippen LogP) is 3.47. The first kappa shape index (κ1) is 16.2. The van der Waals surface area contributed by atoms with Crippen LogP contribution in [0.2, 0.25) is 0 Å². The molecule has 3 heterocycles. The van der Waals surface area contributed by atoms with E-state index >= 15 is 0 Å². The molecule has 2 saturated heterocycles. The van der Waals surface area contributed by atoms with Crippen molar-refractivity contribution in [3.8, 4) is 0 Å². The highest BCUT2D eigenvalue weighted by Crippen LogP contribution is 2.41. The third-order valence-electron chi connectivity index (χ3n) is 5.32. The van der Waals surface area contributed by atoms with Crippen LogP contribution in [0.3, 0.4) is 0 Å². The Morgan fingerprint density at radius 3 is 2.64 bits per heavy atom. The highest BCUT2D eigenvalue weighted by Gasteiger charge is 2.41. The number of benzene rings is 1. The van der Waals surface area contributed by atoms with E-state index in [2.05, 4.69) is 24.1 Å². The predicted molar refractivity (Wildman–Crippen MR) is 90.8 cm³/mol. The van der Waals surface area contributed by atoms with Gasteiger partial charge in [-0.25, -0.2) is 0 Å². The van der Waals surface area contributed by atoms with Crippen molar-refractivity contribution in [3.05, 3.63) is 29.8 Å². The van der Waals surface area contributed by atoms with E-state index in [4.69, 9.17) is 4.74 Å². The minimum atomic E-state index is -0.0662. The maximum atomic E-state index is 12.5. The van der Waals surface area contributed by atoms with Gasteiger partial charge in [-0.1, -0.05) is 18.2 Å². The summed E-state index contributed by atoms with van der Waals surface area (Å²) in [5.74, 6) is 0.752. The van der Waals surface area contributed by atoms with Gasteiger partial charge < -0.3 is 9.64 Å². The van der Waals surface area contributed by atoms with Gasteiger partial charge in [-0.15, -0.1) is 24.2 Å². The van der Waals surface area contributed by atoms with E-state index in [1.165, 1.54) is 17.7 Å². The van der Waals surface area contributed by atoms with Crippen LogP contribution >= 0.6 is 24.2 Å². The molecule has 0 saturated carbocycles. The van der Waals surface area contributed by atoms with Crippen LogP contribution in [-0.2, 0) is 9.53 Å². The molecule has 0 aromatic heterocycles. The molecule has 3 aliphatic heterocycles. The molecule has 0 spiro atoms. The molecule has 0 radical (unpaired) electrons. The smallest absolute Gasteiger partial charge is 0.314 e. The second-order valence-electron chi connectivity index (χ2n) is 6.48. The fraction of sp³-hybridized carbons (Fsp3) is 0.588. The first-order valence-corrected chi connectivity index (χ1v) is 8.85. The number of fused-ring (bicyclic) bond motifs is 3. The standard InChI is InChI=1S/C17H21NO2S.ClH/c1-18-11-6-7-12(18)9-13(8-11)20-17(19)15-10-21-16-5-3-2-4-14(15)16;/h2-5,11-13,15H,6-10H2,1H3;1H. The van der Waals surface area contributed by atoms with Gasteiger partial charge in [0.25, 0.3) is 0 Å². The zero-order valence-electron chi connectivity index (χ0n) is 12.7. The van der Waals surface area contributed by atoms with Crippen molar-refractivity contribution in [3.63, 3.8) is 0 Å². The number of carbonyl (C=O) groups excluding carboxylic acids is 1. The highest BCUT2D eigenvalue weighted by atomic mass is 35.5. The third-order valence-corrected chi connectivity index (χ3v) is 6.51. The molecule has 1 aromatic rings. The van der Waals surface area contributed by atoms with Gasteiger partial charge in [0, 0.05) is 22.7 Å². The normalized spacial score (nSPS) is 33.1. The molecule has 2 bridgehead atoms. The van der Waals surface area contributed by atoms with Gasteiger partial charge in [-0.2, -0.15) is 0 Å². The number of ether oxygens (including phenoxy) is 1. The summed E-state index contributed by atoms with van der Waals surface area (Å²) in [4.78, 5) is 16.3. The molecule has 2 fully saturated rings. The Morgan fingerprint density at radius 1 is 1.23 bits per heavy atom. The molecule has 1 aromatic carbocycles. The van der Waals surface area contributed by atoms with E-state index in [-0.39, 0.29) is 30.4 Å². The van der Waals surface area contributed by atoms with Gasteiger partial charge >= 0.3 is 5.97 Å². The molecule has 3 atom stereocenters. The average molecular weight is 340 g/mol. The Hall–Kier alpha value is -0.710. The van der Waals surface area contributed by atoms with E-state index in [1.807, 2.05) is 12.1 Å². The van der Waals surface area contributed by atoms with Crippen molar-refractivity contribution >= 4 is 30.1 Å². The van der Waals surface area contributed by atoms with E-state index in [0.717, 1.165) is 24.2 Å². The molecule has 22 heavy (non-hydrogen) atoms. The summed E-state index contributed by atoms with van der Waals surface area (Å²) in [6.45, 7) is 0. The minimum absolute atomic E-state index is 0. The molecular weight excluding hydrogens is 318 g/mol. The maximum absolute atomic E-state index is 12.5. The highest BCUT2D eigenvalue weighted by molar-refractivity contribution is 7.99. The van der Waals surface area contributed by atoms with E-state index in [1.54, 1.807) is 11.8 Å². The molecule has 0 amide bonds. The second kappa shape index (κ2) is 6.42. The number of halogens is 1. The van der Waals surface area contributed by atoms with Crippen LogP contribution in [0.4, 0.5) is 0 Å². The van der Waals surface area contributed by atoms with E-state index < -0.39 is 0 Å². The summed E-state index contributed by atoms with van der Waals surface area (Å²) >= 11 is 1.77.